The topological polar surface area (TPSA) is 79.0 Å². The zero-order valence-corrected chi connectivity index (χ0v) is 12.5. The number of benzene rings is 1. The summed E-state index contributed by atoms with van der Waals surface area (Å²) in [5, 5.41) is 5.84. The number of amides is 2. The molecular formula is C16H15N3O4. The van der Waals surface area contributed by atoms with Gasteiger partial charge in [0, 0.05) is 30.4 Å². The predicted octanol–water partition coefficient (Wildman–Crippen LogP) is 0.744. The second-order valence-corrected chi connectivity index (χ2v) is 5.58. The minimum atomic E-state index is -1.32. The molecule has 0 bridgehead atoms. The molecule has 1 fully saturated rings. The molecule has 3 heterocycles. The molecule has 1 atom stereocenters. The number of carbonyl (C=O) groups excluding carboxylic acids is 3. The Balaban J connectivity index is 1.94. The van der Waals surface area contributed by atoms with Crippen LogP contribution < -0.4 is 5.32 Å². The van der Waals surface area contributed by atoms with Gasteiger partial charge in [-0.05, 0) is 13.0 Å². The molecule has 0 saturated carbocycles. The maximum Gasteiger partial charge on any atom is 0.338 e. The Labute approximate surface area is 132 Å². The van der Waals surface area contributed by atoms with Crippen LogP contribution in [-0.2, 0) is 24.7 Å². The molecule has 1 N–H and O–H groups in total. The van der Waals surface area contributed by atoms with Crippen LogP contribution in [0.15, 0.2) is 36.0 Å². The molecule has 7 nitrogen and oxygen atoms in total. The summed E-state index contributed by atoms with van der Waals surface area (Å²) >= 11 is 0. The van der Waals surface area contributed by atoms with Gasteiger partial charge in [-0.1, -0.05) is 18.2 Å². The van der Waals surface area contributed by atoms with E-state index in [1.54, 1.807) is 24.1 Å². The van der Waals surface area contributed by atoms with E-state index < -0.39 is 11.5 Å². The van der Waals surface area contributed by atoms with Crippen molar-refractivity contribution >= 4 is 23.5 Å². The van der Waals surface area contributed by atoms with Gasteiger partial charge < -0.3 is 10.1 Å². The average Bonchev–Trinajstić information content (AvgIpc) is 3.15. The molecule has 1 spiro atoms. The number of hydrogen-bond donors (Lipinski definition) is 1. The Morgan fingerprint density at radius 1 is 1.35 bits per heavy atom. The van der Waals surface area contributed by atoms with E-state index in [0.717, 1.165) is 0 Å². The Hall–Kier alpha value is -2.67. The lowest BCUT2D eigenvalue weighted by molar-refractivity contribution is -0.146. The number of fused-ring (bicyclic) bond motifs is 4. The first-order valence-corrected chi connectivity index (χ1v) is 7.50. The highest BCUT2D eigenvalue weighted by atomic mass is 16.5. The SMILES string of the molecule is CCOC(=O)C1=CN2C(=O)CCN2C12C(=O)Nc1ccccc12. The molecule has 1 aromatic rings. The number of rotatable bonds is 2. The Kier molecular flexibility index (Phi) is 2.83. The van der Waals surface area contributed by atoms with Crippen LogP contribution in [0.3, 0.4) is 0 Å². The summed E-state index contributed by atoms with van der Waals surface area (Å²) in [7, 11) is 0. The normalized spacial score (nSPS) is 25.4. The lowest BCUT2D eigenvalue weighted by atomic mass is 9.84. The highest BCUT2D eigenvalue weighted by molar-refractivity contribution is 6.14. The minimum absolute atomic E-state index is 0.138. The van der Waals surface area contributed by atoms with Crippen LogP contribution in [0.5, 0.6) is 0 Å². The van der Waals surface area contributed by atoms with Crippen molar-refractivity contribution in [3.05, 3.63) is 41.6 Å². The third-order valence-corrected chi connectivity index (χ3v) is 4.47. The highest BCUT2D eigenvalue weighted by Crippen LogP contribution is 2.51. The molecule has 2 amide bonds. The van der Waals surface area contributed by atoms with Crippen molar-refractivity contribution in [1.29, 1.82) is 0 Å². The summed E-state index contributed by atoms with van der Waals surface area (Å²) in [5.74, 6) is -1.06. The van der Waals surface area contributed by atoms with Crippen molar-refractivity contribution in [2.75, 3.05) is 18.5 Å². The molecule has 0 aromatic heterocycles. The van der Waals surface area contributed by atoms with E-state index in [-0.39, 0.29) is 24.0 Å². The third kappa shape index (κ3) is 1.60. The second kappa shape index (κ2) is 4.66. The largest absolute Gasteiger partial charge is 0.463 e. The summed E-state index contributed by atoms with van der Waals surface area (Å²) < 4.78 is 5.12. The first-order chi connectivity index (χ1) is 11.1. The molecule has 4 rings (SSSR count). The average molecular weight is 313 g/mol. The van der Waals surface area contributed by atoms with Crippen molar-refractivity contribution in [2.24, 2.45) is 0 Å². The summed E-state index contributed by atoms with van der Waals surface area (Å²) in [6.45, 7) is 2.28. The Morgan fingerprint density at radius 3 is 2.91 bits per heavy atom. The van der Waals surface area contributed by atoms with Crippen LogP contribution in [0, 0.1) is 0 Å². The van der Waals surface area contributed by atoms with Crippen molar-refractivity contribution in [3.8, 4) is 0 Å². The van der Waals surface area contributed by atoms with Gasteiger partial charge in [-0.2, -0.15) is 5.01 Å². The summed E-state index contributed by atoms with van der Waals surface area (Å²) in [4.78, 5) is 37.4. The first kappa shape index (κ1) is 14.0. The molecule has 0 radical (unpaired) electrons. The van der Waals surface area contributed by atoms with Gasteiger partial charge in [-0.25, -0.2) is 9.80 Å². The van der Waals surface area contributed by atoms with E-state index in [4.69, 9.17) is 4.74 Å². The van der Waals surface area contributed by atoms with E-state index in [2.05, 4.69) is 5.32 Å². The Bertz CT molecular complexity index is 772. The fourth-order valence-electron chi connectivity index (χ4n) is 3.56. The zero-order valence-electron chi connectivity index (χ0n) is 12.5. The molecule has 3 aliphatic rings. The number of para-hydroxylation sites is 1. The third-order valence-electron chi connectivity index (χ3n) is 4.47. The molecule has 23 heavy (non-hydrogen) atoms. The van der Waals surface area contributed by atoms with Crippen LogP contribution in [-0.4, -0.2) is 41.0 Å². The quantitative estimate of drug-likeness (QED) is 0.815. The predicted molar refractivity (Wildman–Crippen MR) is 79.6 cm³/mol. The van der Waals surface area contributed by atoms with Crippen LogP contribution >= 0.6 is 0 Å². The van der Waals surface area contributed by atoms with Gasteiger partial charge in [-0.15, -0.1) is 0 Å². The molecule has 7 heteroatoms. The molecule has 118 valence electrons. The zero-order chi connectivity index (χ0) is 16.2. The standard InChI is InChI=1S/C16H15N3O4/c1-2-23-14(21)11-9-18-13(20)7-8-19(18)16(11)10-5-3-4-6-12(10)17-15(16)22/h3-6,9H,2,7-8H2,1H3,(H,17,22). The summed E-state index contributed by atoms with van der Waals surface area (Å²) in [6, 6.07) is 7.20. The van der Waals surface area contributed by atoms with Crippen molar-refractivity contribution in [2.45, 2.75) is 18.9 Å². The second-order valence-electron chi connectivity index (χ2n) is 5.58. The number of ether oxygens (including phenoxy) is 1. The fourth-order valence-corrected chi connectivity index (χ4v) is 3.56. The number of hydrazine groups is 1. The van der Waals surface area contributed by atoms with Crippen LogP contribution in [0.4, 0.5) is 5.69 Å². The lowest BCUT2D eigenvalue weighted by Crippen LogP contribution is -2.52. The van der Waals surface area contributed by atoms with Gasteiger partial charge in [0.25, 0.3) is 5.91 Å². The smallest absolute Gasteiger partial charge is 0.338 e. The maximum absolute atomic E-state index is 12.9. The van der Waals surface area contributed by atoms with Crippen LogP contribution in [0.25, 0.3) is 0 Å². The number of nitrogens with one attached hydrogen (secondary N) is 1. The lowest BCUT2D eigenvalue weighted by Gasteiger charge is -2.34. The van der Waals surface area contributed by atoms with E-state index in [1.165, 1.54) is 11.2 Å². The monoisotopic (exact) mass is 313 g/mol. The van der Waals surface area contributed by atoms with Gasteiger partial charge in [-0.3, -0.25) is 9.59 Å². The summed E-state index contributed by atoms with van der Waals surface area (Å²) in [5.41, 5.74) is 0.167. The van der Waals surface area contributed by atoms with Crippen molar-refractivity contribution in [3.63, 3.8) is 0 Å². The Morgan fingerprint density at radius 2 is 2.13 bits per heavy atom. The minimum Gasteiger partial charge on any atom is -0.463 e. The van der Waals surface area contributed by atoms with Gasteiger partial charge in [0.1, 0.15) is 0 Å². The van der Waals surface area contributed by atoms with Crippen molar-refractivity contribution < 1.29 is 19.1 Å². The van der Waals surface area contributed by atoms with Crippen LogP contribution in [0.2, 0.25) is 0 Å². The summed E-state index contributed by atoms with van der Waals surface area (Å²) in [6.07, 6.45) is 1.75. The van der Waals surface area contributed by atoms with Gasteiger partial charge >= 0.3 is 5.97 Å². The van der Waals surface area contributed by atoms with Crippen molar-refractivity contribution in [1.82, 2.24) is 10.0 Å². The molecule has 1 unspecified atom stereocenters. The van der Waals surface area contributed by atoms with E-state index in [9.17, 15) is 14.4 Å². The highest BCUT2D eigenvalue weighted by Gasteiger charge is 2.63. The number of esters is 1. The van der Waals surface area contributed by atoms with Gasteiger partial charge in [0.05, 0.1) is 12.2 Å². The van der Waals surface area contributed by atoms with Crippen LogP contribution in [0.1, 0.15) is 18.9 Å². The molecule has 1 aromatic carbocycles. The first-order valence-electron chi connectivity index (χ1n) is 7.50. The molecule has 0 aliphatic carbocycles. The molecular weight excluding hydrogens is 298 g/mol. The maximum atomic E-state index is 12.9. The number of hydrogen-bond acceptors (Lipinski definition) is 5. The fraction of sp³-hybridized carbons (Fsp3) is 0.312. The number of anilines is 1. The molecule has 3 aliphatic heterocycles. The molecule has 1 saturated heterocycles. The van der Waals surface area contributed by atoms with E-state index in [0.29, 0.717) is 24.2 Å². The van der Waals surface area contributed by atoms with Gasteiger partial charge in [0.15, 0.2) is 5.54 Å². The van der Waals surface area contributed by atoms with Gasteiger partial charge in [0.2, 0.25) is 5.91 Å². The van der Waals surface area contributed by atoms with E-state index in [1.807, 2.05) is 12.1 Å². The van der Waals surface area contributed by atoms with E-state index >= 15 is 0 Å². The number of carbonyl (C=O) groups is 3. The number of nitrogens with zero attached hydrogens (tertiary/aromatic N) is 2.